The third-order valence-electron chi connectivity index (χ3n) is 4.28. The Hall–Kier alpha value is -2.01. The molecule has 3 rings (SSSR count). The first kappa shape index (κ1) is 17.8. The average Bonchev–Trinajstić information content (AvgIpc) is 3.16. The molecule has 1 saturated heterocycles. The summed E-state index contributed by atoms with van der Waals surface area (Å²) in [6, 6.07) is 7.46. The SMILES string of the molecule is Cc1c(Cl)cccc1-c1cc(C2CCCN2C(=O)OC(C)(C)C)no1. The van der Waals surface area contributed by atoms with E-state index in [-0.39, 0.29) is 12.1 Å². The van der Waals surface area contributed by atoms with Crippen LogP contribution >= 0.6 is 11.6 Å². The number of ether oxygens (including phenoxy) is 1. The lowest BCUT2D eigenvalue weighted by Gasteiger charge is -2.27. The quantitative estimate of drug-likeness (QED) is 0.720. The second-order valence-corrected chi connectivity index (χ2v) is 7.77. The molecule has 1 amide bonds. The molecule has 1 aliphatic heterocycles. The highest BCUT2D eigenvalue weighted by molar-refractivity contribution is 6.31. The van der Waals surface area contributed by atoms with Crippen molar-refractivity contribution in [3.8, 4) is 11.3 Å². The minimum atomic E-state index is -0.517. The molecule has 1 fully saturated rings. The lowest BCUT2D eigenvalue weighted by Crippen LogP contribution is -2.36. The van der Waals surface area contributed by atoms with Crippen LogP contribution in [0.3, 0.4) is 0 Å². The van der Waals surface area contributed by atoms with E-state index in [4.69, 9.17) is 20.9 Å². The van der Waals surface area contributed by atoms with Crippen molar-refractivity contribution in [3.05, 3.63) is 40.5 Å². The van der Waals surface area contributed by atoms with E-state index in [9.17, 15) is 4.79 Å². The average molecular weight is 363 g/mol. The number of rotatable bonds is 2. The first-order valence-electron chi connectivity index (χ1n) is 8.48. The molecule has 0 bridgehead atoms. The van der Waals surface area contributed by atoms with Gasteiger partial charge in [-0.2, -0.15) is 0 Å². The van der Waals surface area contributed by atoms with E-state index in [1.807, 2.05) is 52.0 Å². The normalized spacial score (nSPS) is 17.8. The highest BCUT2D eigenvalue weighted by Crippen LogP contribution is 2.36. The molecule has 2 heterocycles. The van der Waals surface area contributed by atoms with Gasteiger partial charge in [-0.3, -0.25) is 4.90 Å². The molecule has 25 heavy (non-hydrogen) atoms. The topological polar surface area (TPSA) is 55.6 Å². The number of nitrogens with zero attached hydrogens (tertiary/aromatic N) is 2. The molecule has 0 radical (unpaired) electrons. The van der Waals surface area contributed by atoms with Gasteiger partial charge in [-0.15, -0.1) is 0 Å². The maximum atomic E-state index is 12.4. The molecule has 1 unspecified atom stereocenters. The zero-order chi connectivity index (χ0) is 18.2. The smallest absolute Gasteiger partial charge is 0.410 e. The van der Waals surface area contributed by atoms with Crippen molar-refractivity contribution in [2.45, 2.75) is 52.2 Å². The fourth-order valence-electron chi connectivity index (χ4n) is 3.06. The Balaban J connectivity index is 1.84. The Bertz CT molecular complexity index is 779. The van der Waals surface area contributed by atoms with Gasteiger partial charge in [0.25, 0.3) is 0 Å². The van der Waals surface area contributed by atoms with Crippen molar-refractivity contribution in [3.63, 3.8) is 0 Å². The Morgan fingerprint density at radius 2 is 2.16 bits per heavy atom. The van der Waals surface area contributed by atoms with Crippen LogP contribution in [0.25, 0.3) is 11.3 Å². The summed E-state index contributed by atoms with van der Waals surface area (Å²) in [4.78, 5) is 14.2. The Kier molecular flexibility index (Phi) is 4.78. The van der Waals surface area contributed by atoms with E-state index in [0.29, 0.717) is 17.3 Å². The van der Waals surface area contributed by atoms with Gasteiger partial charge in [-0.1, -0.05) is 28.9 Å². The van der Waals surface area contributed by atoms with Crippen LogP contribution in [0, 0.1) is 6.92 Å². The van der Waals surface area contributed by atoms with Gasteiger partial charge in [0, 0.05) is 23.2 Å². The molecule has 0 aliphatic carbocycles. The van der Waals surface area contributed by atoms with Gasteiger partial charge in [0.15, 0.2) is 5.76 Å². The van der Waals surface area contributed by atoms with Gasteiger partial charge in [0.2, 0.25) is 0 Å². The summed E-state index contributed by atoms with van der Waals surface area (Å²) in [7, 11) is 0. The standard InChI is InChI=1S/C19H23ClN2O3/c1-12-13(7-5-8-14(12)20)17-11-15(21-25-17)16-9-6-10-22(16)18(23)24-19(2,3)4/h5,7-8,11,16H,6,9-10H2,1-4H3. The molecule has 1 aliphatic rings. The molecule has 5 nitrogen and oxygen atoms in total. The van der Waals surface area contributed by atoms with Crippen molar-refractivity contribution < 1.29 is 14.1 Å². The number of hydrogen-bond acceptors (Lipinski definition) is 4. The van der Waals surface area contributed by atoms with Gasteiger partial charge in [0.1, 0.15) is 11.3 Å². The molecule has 1 aromatic heterocycles. The number of aromatic nitrogens is 1. The molecule has 0 N–H and O–H groups in total. The number of carbonyl (C=O) groups excluding carboxylic acids is 1. The van der Waals surface area contributed by atoms with E-state index in [1.165, 1.54) is 0 Å². The number of likely N-dealkylation sites (tertiary alicyclic amines) is 1. The summed E-state index contributed by atoms with van der Waals surface area (Å²) in [5.74, 6) is 0.658. The largest absolute Gasteiger partial charge is 0.444 e. The first-order chi connectivity index (χ1) is 11.8. The summed E-state index contributed by atoms with van der Waals surface area (Å²) in [5, 5.41) is 4.89. The lowest BCUT2D eigenvalue weighted by molar-refractivity contribution is 0.0219. The second kappa shape index (κ2) is 6.71. The van der Waals surface area contributed by atoms with E-state index in [2.05, 4.69) is 5.16 Å². The van der Waals surface area contributed by atoms with Gasteiger partial charge in [-0.05, 0) is 52.2 Å². The van der Waals surface area contributed by atoms with Gasteiger partial charge < -0.3 is 9.26 Å². The van der Waals surface area contributed by atoms with Crippen molar-refractivity contribution in [1.82, 2.24) is 10.1 Å². The minimum absolute atomic E-state index is 0.119. The summed E-state index contributed by atoms with van der Waals surface area (Å²) in [6.07, 6.45) is 1.46. The van der Waals surface area contributed by atoms with E-state index in [0.717, 1.165) is 29.7 Å². The van der Waals surface area contributed by atoms with Gasteiger partial charge in [0.05, 0.1) is 6.04 Å². The number of amides is 1. The highest BCUT2D eigenvalue weighted by Gasteiger charge is 2.35. The monoisotopic (exact) mass is 362 g/mol. The highest BCUT2D eigenvalue weighted by atomic mass is 35.5. The summed E-state index contributed by atoms with van der Waals surface area (Å²) < 4.78 is 11.1. The summed E-state index contributed by atoms with van der Waals surface area (Å²) >= 11 is 6.19. The lowest BCUT2D eigenvalue weighted by atomic mass is 10.0. The molecule has 6 heteroatoms. The molecule has 0 saturated carbocycles. The maximum Gasteiger partial charge on any atom is 0.410 e. The molecule has 1 atom stereocenters. The fraction of sp³-hybridized carbons (Fsp3) is 0.474. The minimum Gasteiger partial charge on any atom is -0.444 e. The third-order valence-corrected chi connectivity index (χ3v) is 4.69. The number of hydrogen-bond donors (Lipinski definition) is 0. The summed E-state index contributed by atoms with van der Waals surface area (Å²) in [5.41, 5.74) is 2.09. The van der Waals surface area contributed by atoms with Crippen LogP contribution in [0.4, 0.5) is 4.79 Å². The predicted molar refractivity (Wildman–Crippen MR) is 96.6 cm³/mol. The van der Waals surface area contributed by atoms with Crippen LogP contribution < -0.4 is 0 Å². The Morgan fingerprint density at radius 1 is 1.40 bits per heavy atom. The van der Waals surface area contributed by atoms with E-state index in [1.54, 1.807) is 4.90 Å². The number of benzene rings is 1. The first-order valence-corrected chi connectivity index (χ1v) is 8.86. The van der Waals surface area contributed by atoms with Crippen molar-refractivity contribution in [2.75, 3.05) is 6.54 Å². The van der Waals surface area contributed by atoms with Crippen molar-refractivity contribution in [1.29, 1.82) is 0 Å². The second-order valence-electron chi connectivity index (χ2n) is 7.36. The van der Waals surface area contributed by atoms with Crippen LogP contribution in [0.2, 0.25) is 5.02 Å². The Morgan fingerprint density at radius 3 is 2.88 bits per heavy atom. The van der Waals surface area contributed by atoms with Crippen LogP contribution in [0.5, 0.6) is 0 Å². The molecular formula is C19H23ClN2O3. The zero-order valence-corrected chi connectivity index (χ0v) is 15.8. The van der Waals surface area contributed by atoms with Crippen LogP contribution in [0.15, 0.2) is 28.8 Å². The maximum absolute atomic E-state index is 12.4. The molecule has 1 aromatic carbocycles. The molecular weight excluding hydrogens is 340 g/mol. The van der Waals surface area contributed by atoms with Crippen LogP contribution in [0.1, 0.15) is 50.9 Å². The van der Waals surface area contributed by atoms with Gasteiger partial charge >= 0.3 is 6.09 Å². The number of carbonyl (C=O) groups is 1. The molecule has 2 aromatic rings. The Labute approximate surface area is 152 Å². The van der Waals surface area contributed by atoms with Crippen molar-refractivity contribution >= 4 is 17.7 Å². The van der Waals surface area contributed by atoms with Crippen LogP contribution in [-0.2, 0) is 4.74 Å². The molecule has 134 valence electrons. The van der Waals surface area contributed by atoms with E-state index >= 15 is 0 Å². The fourth-order valence-corrected chi connectivity index (χ4v) is 3.24. The van der Waals surface area contributed by atoms with Crippen LogP contribution in [-0.4, -0.2) is 28.3 Å². The van der Waals surface area contributed by atoms with E-state index < -0.39 is 5.60 Å². The van der Waals surface area contributed by atoms with Gasteiger partial charge in [-0.25, -0.2) is 4.79 Å². The zero-order valence-electron chi connectivity index (χ0n) is 15.0. The number of halogens is 1. The predicted octanol–water partition coefficient (Wildman–Crippen LogP) is 5.38. The van der Waals surface area contributed by atoms with Crippen molar-refractivity contribution in [2.24, 2.45) is 0 Å². The molecule has 0 spiro atoms. The summed E-state index contributed by atoms with van der Waals surface area (Å²) in [6.45, 7) is 8.21. The third kappa shape index (κ3) is 3.82.